The van der Waals surface area contributed by atoms with Crippen molar-refractivity contribution in [2.75, 3.05) is 0 Å². The molecule has 2 N–H and O–H groups in total. The predicted octanol–water partition coefficient (Wildman–Crippen LogP) is 12.0. The van der Waals surface area contributed by atoms with Gasteiger partial charge in [-0.1, -0.05) is 163 Å². The van der Waals surface area contributed by atoms with Crippen molar-refractivity contribution in [1.29, 1.82) is 0 Å². The molecule has 0 heterocycles. The smallest absolute Gasteiger partial charge is 0.315 e. The summed E-state index contributed by atoms with van der Waals surface area (Å²) >= 11 is 0. The minimum Gasteiger partial charge on any atom is -0.508 e. The number of allylic oxidation sites excluding steroid dienone is 12. The number of benzene rings is 2. The molecule has 0 fully saturated rings. The topological polar surface area (TPSA) is 66.8 Å². The van der Waals surface area contributed by atoms with Crippen LogP contribution >= 0.6 is 0 Å². The fourth-order valence-electron chi connectivity index (χ4n) is 5.06. The molecule has 0 bridgehead atoms. The lowest BCUT2D eigenvalue weighted by atomic mass is 9.99. The van der Waals surface area contributed by atoms with Crippen LogP contribution in [0.3, 0.4) is 0 Å². The molecule has 2 aromatic carbocycles. The van der Waals surface area contributed by atoms with E-state index in [1.807, 2.05) is 103 Å². The van der Waals surface area contributed by atoms with Crippen LogP contribution in [0.4, 0.5) is 0 Å². The first-order valence-electron chi connectivity index (χ1n) is 17.8. The van der Waals surface area contributed by atoms with E-state index in [2.05, 4.69) is 19.6 Å². The van der Waals surface area contributed by atoms with Gasteiger partial charge < -0.3 is 14.9 Å². The third kappa shape index (κ3) is 19.2. The van der Waals surface area contributed by atoms with Crippen LogP contribution in [0.2, 0.25) is 0 Å². The number of unbranched alkanes of at least 4 members (excludes halogenated alkanes) is 9. The molecule has 0 aliphatic rings. The number of phenolic OH excluding ortho intramolecular Hbond substituents is 2. The van der Waals surface area contributed by atoms with E-state index in [0.717, 1.165) is 42.4 Å². The molecule has 4 nitrogen and oxygen atoms in total. The number of carbonyl (C=O) groups is 1. The highest BCUT2D eigenvalue weighted by atomic mass is 16.5. The summed E-state index contributed by atoms with van der Waals surface area (Å²) in [6.07, 6.45) is 41.7. The second kappa shape index (κ2) is 26.5. The van der Waals surface area contributed by atoms with E-state index < -0.39 is 0 Å². The fourth-order valence-corrected chi connectivity index (χ4v) is 5.06. The number of aryl methyl sites for hydroxylation is 1. The zero-order valence-corrected chi connectivity index (χ0v) is 29.2. The Kier molecular flexibility index (Phi) is 21.9. The van der Waals surface area contributed by atoms with Gasteiger partial charge in [-0.05, 0) is 66.8 Å². The van der Waals surface area contributed by atoms with Gasteiger partial charge in [0.05, 0.1) is 6.42 Å². The average Bonchev–Trinajstić information content (AvgIpc) is 3.07. The van der Waals surface area contributed by atoms with Gasteiger partial charge in [-0.25, -0.2) is 0 Å². The van der Waals surface area contributed by atoms with E-state index in [4.69, 9.17) is 4.74 Å². The normalized spacial score (nSPS) is 12.0. The Labute approximate surface area is 290 Å². The Morgan fingerprint density at radius 3 is 1.83 bits per heavy atom. The number of carbonyl (C=O) groups excluding carboxylic acids is 1. The minimum absolute atomic E-state index is 0.157. The Bertz CT molecular complexity index is 1430. The lowest BCUT2D eigenvalue weighted by Gasteiger charge is -2.14. The second-order valence-electron chi connectivity index (χ2n) is 11.9. The van der Waals surface area contributed by atoms with Crippen molar-refractivity contribution in [3.63, 3.8) is 0 Å². The molecule has 0 aliphatic heterocycles. The van der Waals surface area contributed by atoms with Gasteiger partial charge in [-0.2, -0.15) is 0 Å². The summed E-state index contributed by atoms with van der Waals surface area (Å²) in [7, 11) is 0. The molecule has 0 unspecified atom stereocenters. The van der Waals surface area contributed by atoms with Crippen molar-refractivity contribution in [2.45, 2.75) is 104 Å². The maximum Gasteiger partial charge on any atom is 0.315 e. The molecule has 0 aromatic heterocycles. The molecule has 0 amide bonds. The number of ether oxygens (including phenoxy) is 1. The molecule has 2 aromatic rings. The molecule has 2 rings (SSSR count). The number of rotatable bonds is 23. The summed E-state index contributed by atoms with van der Waals surface area (Å²) in [4.78, 5) is 12.7. The van der Waals surface area contributed by atoms with E-state index in [-0.39, 0.29) is 23.9 Å². The molecule has 0 atom stereocenters. The van der Waals surface area contributed by atoms with Crippen LogP contribution in [0.5, 0.6) is 17.2 Å². The molecule has 0 radical (unpaired) electrons. The molecule has 4 heteroatoms. The van der Waals surface area contributed by atoms with Crippen molar-refractivity contribution in [3.05, 3.63) is 138 Å². The molecule has 256 valence electrons. The lowest BCUT2D eigenvalue weighted by molar-refractivity contribution is -0.133. The predicted molar refractivity (Wildman–Crippen MR) is 203 cm³/mol. The zero-order chi connectivity index (χ0) is 34.5. The Balaban J connectivity index is 1.73. The van der Waals surface area contributed by atoms with Crippen LogP contribution in [0.15, 0.2) is 121 Å². The summed E-state index contributed by atoms with van der Waals surface area (Å²) < 4.78 is 5.77. The number of hydrogen-bond donors (Lipinski definition) is 2. The standard InChI is InChI=1S/C44H56O4/c1-3-5-6-7-8-9-17-20-23-26-30-41-42(46)36-39(28-4-2)37-43(41)48-44(47)31-27-24-21-18-15-13-11-10-12-14-16-19-22-25-29-38-32-34-40(45)35-33-38/h10-16,18-19,21-22,24,27,29,32-37,45-46H,3-9,17,20,23,26,28,30-31H2,1-2H3. The van der Waals surface area contributed by atoms with E-state index in [1.54, 1.807) is 18.2 Å². The van der Waals surface area contributed by atoms with Gasteiger partial charge in [0.15, 0.2) is 0 Å². The van der Waals surface area contributed by atoms with E-state index in [9.17, 15) is 15.0 Å². The Morgan fingerprint density at radius 2 is 1.23 bits per heavy atom. The zero-order valence-electron chi connectivity index (χ0n) is 29.2. The van der Waals surface area contributed by atoms with Gasteiger partial charge in [-0.15, -0.1) is 5.73 Å². The van der Waals surface area contributed by atoms with E-state index in [0.29, 0.717) is 12.2 Å². The number of esters is 1. The third-order valence-corrected chi connectivity index (χ3v) is 7.66. The van der Waals surface area contributed by atoms with Gasteiger partial charge >= 0.3 is 5.97 Å². The first-order valence-corrected chi connectivity index (χ1v) is 17.8. The summed E-state index contributed by atoms with van der Waals surface area (Å²) in [6.45, 7) is 4.35. The number of hydrogen-bond acceptors (Lipinski definition) is 4. The van der Waals surface area contributed by atoms with Gasteiger partial charge in [0, 0.05) is 5.56 Å². The van der Waals surface area contributed by atoms with Gasteiger partial charge in [0.1, 0.15) is 17.2 Å². The van der Waals surface area contributed by atoms with Gasteiger partial charge in [0.25, 0.3) is 0 Å². The molecular weight excluding hydrogens is 592 g/mol. The third-order valence-electron chi connectivity index (χ3n) is 7.66. The SMILES string of the molecule is CCCCCCCCCCCCc1c(O)cc(CCC)cc1OC(=O)CC=CC=CC=CC=CC=CC=CC=C=Cc1ccc(O)cc1. The van der Waals surface area contributed by atoms with Gasteiger partial charge in [-0.3, -0.25) is 4.79 Å². The minimum atomic E-state index is -0.333. The summed E-state index contributed by atoms with van der Waals surface area (Å²) in [5, 5.41) is 20.1. The van der Waals surface area contributed by atoms with E-state index >= 15 is 0 Å². The highest BCUT2D eigenvalue weighted by Crippen LogP contribution is 2.32. The number of aromatic hydroxyl groups is 2. The van der Waals surface area contributed by atoms with Crippen molar-refractivity contribution in [2.24, 2.45) is 0 Å². The molecule has 0 aliphatic carbocycles. The van der Waals surface area contributed by atoms with Crippen LogP contribution in [0.25, 0.3) is 6.08 Å². The highest BCUT2D eigenvalue weighted by Gasteiger charge is 2.14. The Morgan fingerprint density at radius 1 is 0.667 bits per heavy atom. The first-order chi connectivity index (χ1) is 23.5. The Hall–Kier alpha value is -4.53. The van der Waals surface area contributed by atoms with Crippen molar-refractivity contribution in [3.8, 4) is 17.2 Å². The fraction of sp³-hybridized carbons (Fsp3) is 0.364. The largest absolute Gasteiger partial charge is 0.508 e. The van der Waals surface area contributed by atoms with Crippen molar-refractivity contribution in [1.82, 2.24) is 0 Å². The monoisotopic (exact) mass is 648 g/mol. The lowest BCUT2D eigenvalue weighted by Crippen LogP contribution is -2.09. The van der Waals surface area contributed by atoms with Crippen LogP contribution in [0, 0.1) is 0 Å². The van der Waals surface area contributed by atoms with Crippen LogP contribution in [-0.4, -0.2) is 16.2 Å². The van der Waals surface area contributed by atoms with Crippen LogP contribution in [-0.2, 0) is 17.6 Å². The molecule has 0 spiro atoms. The average molecular weight is 649 g/mol. The maximum absolute atomic E-state index is 12.7. The quantitative estimate of drug-likeness (QED) is 0.0414. The van der Waals surface area contributed by atoms with Crippen molar-refractivity contribution < 1.29 is 19.7 Å². The molecular formula is C44H56O4. The molecule has 0 saturated heterocycles. The number of phenols is 2. The maximum atomic E-state index is 12.7. The second-order valence-corrected chi connectivity index (χ2v) is 11.9. The molecule has 0 saturated carbocycles. The summed E-state index contributed by atoms with van der Waals surface area (Å²) in [5.41, 5.74) is 5.78. The van der Waals surface area contributed by atoms with Gasteiger partial charge in [0.2, 0.25) is 0 Å². The summed E-state index contributed by atoms with van der Waals surface area (Å²) in [6, 6.07) is 10.7. The van der Waals surface area contributed by atoms with Crippen molar-refractivity contribution >= 4 is 12.0 Å². The molecule has 48 heavy (non-hydrogen) atoms. The summed E-state index contributed by atoms with van der Waals surface area (Å²) in [5.74, 6) is 0.655. The van der Waals surface area contributed by atoms with E-state index in [1.165, 1.54) is 51.4 Å². The first kappa shape index (κ1) is 39.6. The van der Waals surface area contributed by atoms with Crippen LogP contribution in [0.1, 0.15) is 108 Å². The van der Waals surface area contributed by atoms with Crippen LogP contribution < -0.4 is 4.74 Å². The highest BCUT2D eigenvalue weighted by molar-refractivity contribution is 5.75.